The predicted molar refractivity (Wildman–Crippen MR) is 72.9 cm³/mol. The summed E-state index contributed by atoms with van der Waals surface area (Å²) >= 11 is 0. The van der Waals surface area contributed by atoms with Gasteiger partial charge in [0.1, 0.15) is 5.82 Å². The lowest BCUT2D eigenvalue weighted by molar-refractivity contribution is 0.612. The van der Waals surface area contributed by atoms with Crippen molar-refractivity contribution in [1.29, 1.82) is 0 Å². The number of aryl methyl sites for hydroxylation is 1. The van der Waals surface area contributed by atoms with Gasteiger partial charge < -0.3 is 5.32 Å². The molecule has 2 rings (SSSR count). The highest BCUT2D eigenvalue weighted by Gasteiger charge is 2.15. The number of aromatic nitrogens is 3. The van der Waals surface area contributed by atoms with E-state index < -0.39 is 0 Å². The molecule has 2 heterocycles. The van der Waals surface area contributed by atoms with Crippen LogP contribution in [-0.2, 0) is 13.0 Å². The molecule has 0 saturated carbocycles. The summed E-state index contributed by atoms with van der Waals surface area (Å²) in [6, 6.07) is 1.50. The van der Waals surface area contributed by atoms with E-state index in [0.29, 0.717) is 12.4 Å². The van der Waals surface area contributed by atoms with Crippen LogP contribution in [0.4, 0.5) is 4.39 Å². The maximum absolute atomic E-state index is 13.3. The van der Waals surface area contributed by atoms with Crippen molar-refractivity contribution in [2.24, 2.45) is 0 Å². The largest absolute Gasteiger partial charge is 0.316 e. The molecule has 0 aliphatic heterocycles. The number of nitrogens with one attached hydrogen (secondary N) is 1. The molecule has 0 spiro atoms. The van der Waals surface area contributed by atoms with Crippen LogP contribution in [0.3, 0.4) is 0 Å². The highest BCUT2D eigenvalue weighted by atomic mass is 19.1. The lowest BCUT2D eigenvalue weighted by Gasteiger charge is -2.10. The summed E-state index contributed by atoms with van der Waals surface area (Å²) in [6.45, 7) is 6.67. The first-order valence-electron chi connectivity index (χ1n) is 6.43. The average molecular weight is 262 g/mol. The Morgan fingerprint density at radius 2 is 2.11 bits per heavy atom. The van der Waals surface area contributed by atoms with Gasteiger partial charge in [-0.15, -0.1) is 0 Å². The van der Waals surface area contributed by atoms with Crippen molar-refractivity contribution in [2.45, 2.75) is 33.7 Å². The second kappa shape index (κ2) is 5.48. The van der Waals surface area contributed by atoms with E-state index in [9.17, 15) is 4.39 Å². The number of hydrogen-bond acceptors (Lipinski definition) is 3. The van der Waals surface area contributed by atoms with E-state index in [0.717, 1.165) is 23.4 Å². The van der Waals surface area contributed by atoms with Gasteiger partial charge in [0.05, 0.1) is 11.9 Å². The van der Waals surface area contributed by atoms with Crippen LogP contribution >= 0.6 is 0 Å². The van der Waals surface area contributed by atoms with Crippen LogP contribution in [0.15, 0.2) is 12.3 Å². The lowest BCUT2D eigenvalue weighted by atomic mass is 10.1. The number of hydrogen-bond donors (Lipinski definition) is 1. The molecule has 5 heteroatoms. The number of halogens is 1. The van der Waals surface area contributed by atoms with Gasteiger partial charge in [-0.1, -0.05) is 6.92 Å². The molecule has 1 N–H and O–H groups in total. The molecule has 0 aliphatic rings. The molecule has 0 radical (unpaired) electrons. The molecule has 4 nitrogen and oxygen atoms in total. The van der Waals surface area contributed by atoms with Crippen molar-refractivity contribution in [3.63, 3.8) is 0 Å². The van der Waals surface area contributed by atoms with Crippen molar-refractivity contribution >= 4 is 0 Å². The van der Waals surface area contributed by atoms with Gasteiger partial charge in [-0.3, -0.25) is 0 Å². The van der Waals surface area contributed by atoms with Gasteiger partial charge in [0.25, 0.3) is 0 Å². The Bertz CT molecular complexity index is 589. The Hall–Kier alpha value is -1.75. The average Bonchev–Trinajstić information content (AvgIpc) is 2.65. The highest BCUT2D eigenvalue weighted by molar-refractivity contribution is 5.38. The smallest absolute Gasteiger partial charge is 0.158 e. The Kier molecular flexibility index (Phi) is 3.95. The van der Waals surface area contributed by atoms with Gasteiger partial charge in [0.15, 0.2) is 5.82 Å². The molecule has 2 aromatic heterocycles. The quantitative estimate of drug-likeness (QED) is 0.919. The van der Waals surface area contributed by atoms with Gasteiger partial charge in [-0.2, -0.15) is 5.10 Å². The third-order valence-electron chi connectivity index (χ3n) is 3.27. The number of nitrogens with zero attached hydrogens (tertiary/aromatic N) is 3. The Morgan fingerprint density at radius 1 is 1.37 bits per heavy atom. The van der Waals surface area contributed by atoms with Crippen LogP contribution in [-0.4, -0.2) is 21.8 Å². The molecule has 2 aromatic rings. The molecule has 0 aliphatic carbocycles. The lowest BCUT2D eigenvalue weighted by Crippen LogP contribution is -2.13. The highest BCUT2D eigenvalue weighted by Crippen LogP contribution is 2.20. The second-order valence-electron chi connectivity index (χ2n) is 4.58. The minimum absolute atomic E-state index is 0.328. The Morgan fingerprint density at radius 3 is 2.68 bits per heavy atom. The maximum atomic E-state index is 13.3. The van der Waals surface area contributed by atoms with Crippen molar-refractivity contribution in [3.05, 3.63) is 40.6 Å². The molecule has 0 aromatic carbocycles. The van der Waals surface area contributed by atoms with Crippen LogP contribution in [0, 0.1) is 19.7 Å². The minimum Gasteiger partial charge on any atom is -0.316 e. The van der Waals surface area contributed by atoms with Gasteiger partial charge in [-0.05, 0) is 38.9 Å². The first-order chi connectivity index (χ1) is 9.08. The number of pyridine rings is 1. The van der Waals surface area contributed by atoms with Crippen molar-refractivity contribution < 1.29 is 4.39 Å². The van der Waals surface area contributed by atoms with E-state index in [-0.39, 0.29) is 5.82 Å². The molecule has 0 bridgehead atoms. The molecular formula is C14H19FN4. The van der Waals surface area contributed by atoms with E-state index >= 15 is 0 Å². The van der Waals surface area contributed by atoms with E-state index in [2.05, 4.69) is 22.3 Å². The van der Waals surface area contributed by atoms with Crippen LogP contribution in [0.2, 0.25) is 0 Å². The summed E-state index contributed by atoms with van der Waals surface area (Å²) in [5.74, 6) is 0.363. The zero-order chi connectivity index (χ0) is 14.0. The summed E-state index contributed by atoms with van der Waals surface area (Å²) in [7, 11) is 1.83. The fraction of sp³-hybridized carbons (Fsp3) is 0.429. The molecule has 0 amide bonds. The first kappa shape index (κ1) is 13.7. The van der Waals surface area contributed by atoms with Crippen LogP contribution < -0.4 is 5.32 Å². The Balaban J connectivity index is 2.58. The van der Waals surface area contributed by atoms with Crippen molar-refractivity contribution in [2.75, 3.05) is 7.05 Å². The summed E-state index contributed by atoms with van der Waals surface area (Å²) in [5, 5.41) is 7.56. The summed E-state index contributed by atoms with van der Waals surface area (Å²) in [5.41, 5.74) is 4.09. The fourth-order valence-corrected chi connectivity index (χ4v) is 2.38. The molecule has 0 saturated heterocycles. The molecule has 102 valence electrons. The third-order valence-corrected chi connectivity index (χ3v) is 3.27. The Labute approximate surface area is 112 Å². The monoisotopic (exact) mass is 262 g/mol. The summed E-state index contributed by atoms with van der Waals surface area (Å²) in [6.07, 6.45) is 2.16. The third kappa shape index (κ3) is 2.51. The van der Waals surface area contributed by atoms with E-state index in [1.165, 1.54) is 17.8 Å². The van der Waals surface area contributed by atoms with Crippen molar-refractivity contribution in [1.82, 2.24) is 20.1 Å². The fourth-order valence-electron chi connectivity index (χ4n) is 2.38. The predicted octanol–water partition coefficient (Wildman–Crippen LogP) is 2.31. The molecule has 0 fully saturated rings. The molecule has 19 heavy (non-hydrogen) atoms. The zero-order valence-corrected chi connectivity index (χ0v) is 11.8. The zero-order valence-electron chi connectivity index (χ0n) is 11.8. The van der Waals surface area contributed by atoms with E-state index in [4.69, 9.17) is 0 Å². The SMILES string of the molecule is CCc1c(C)nn(-c2ncc(F)cc2CNC)c1C. The molecule has 0 unspecified atom stereocenters. The van der Waals surface area contributed by atoms with E-state index in [1.807, 2.05) is 20.9 Å². The summed E-state index contributed by atoms with van der Waals surface area (Å²) in [4.78, 5) is 4.20. The van der Waals surface area contributed by atoms with Gasteiger partial charge >= 0.3 is 0 Å². The number of rotatable bonds is 4. The summed E-state index contributed by atoms with van der Waals surface area (Å²) < 4.78 is 15.1. The van der Waals surface area contributed by atoms with Gasteiger partial charge in [0, 0.05) is 17.8 Å². The molecular weight excluding hydrogens is 243 g/mol. The van der Waals surface area contributed by atoms with Crippen LogP contribution in [0.1, 0.15) is 29.4 Å². The van der Waals surface area contributed by atoms with Crippen LogP contribution in [0.5, 0.6) is 0 Å². The normalized spacial score (nSPS) is 11.0. The standard InChI is InChI=1S/C14H19FN4/c1-5-13-9(2)18-19(10(13)3)14-11(7-16-4)6-12(15)8-17-14/h6,8,16H,5,7H2,1-4H3. The van der Waals surface area contributed by atoms with Crippen molar-refractivity contribution in [3.8, 4) is 5.82 Å². The van der Waals surface area contributed by atoms with E-state index in [1.54, 1.807) is 4.68 Å². The first-order valence-corrected chi connectivity index (χ1v) is 6.43. The topological polar surface area (TPSA) is 42.7 Å². The second-order valence-corrected chi connectivity index (χ2v) is 4.58. The van der Waals surface area contributed by atoms with Gasteiger partial charge in [-0.25, -0.2) is 14.1 Å². The van der Waals surface area contributed by atoms with Crippen LogP contribution in [0.25, 0.3) is 5.82 Å². The van der Waals surface area contributed by atoms with Gasteiger partial charge in [0.2, 0.25) is 0 Å². The minimum atomic E-state index is -0.328. The maximum Gasteiger partial charge on any atom is 0.158 e. The molecule has 0 atom stereocenters.